The molecule has 1 N–H and O–H groups in total. The summed E-state index contributed by atoms with van der Waals surface area (Å²) in [6.07, 6.45) is 0.969. The standard InChI is InChI=1S/C13H18BrNO3/c1-3-10-4-5-12(11(14)8-10)18-9-13(16)15-6-7-17-2/h4-5,8H,3,6-7,9H2,1-2H3,(H,15,16). The fraction of sp³-hybridized carbons (Fsp3) is 0.462. The molecule has 0 aromatic heterocycles. The Hall–Kier alpha value is -1.07. The van der Waals surface area contributed by atoms with Gasteiger partial charge in [-0.2, -0.15) is 0 Å². The maximum Gasteiger partial charge on any atom is 0.258 e. The summed E-state index contributed by atoms with van der Waals surface area (Å²) < 4.78 is 11.1. The lowest BCUT2D eigenvalue weighted by atomic mass is 10.2. The minimum Gasteiger partial charge on any atom is -0.483 e. The van der Waals surface area contributed by atoms with Crippen molar-refractivity contribution in [3.8, 4) is 5.75 Å². The third-order valence-electron chi connectivity index (χ3n) is 2.39. The lowest BCUT2D eigenvalue weighted by molar-refractivity contribution is -0.123. The van der Waals surface area contributed by atoms with E-state index in [0.717, 1.165) is 10.9 Å². The van der Waals surface area contributed by atoms with E-state index in [1.54, 1.807) is 7.11 Å². The molecule has 4 nitrogen and oxygen atoms in total. The Morgan fingerprint density at radius 1 is 1.44 bits per heavy atom. The van der Waals surface area contributed by atoms with Gasteiger partial charge in [0.1, 0.15) is 5.75 Å². The number of aryl methyl sites for hydroxylation is 1. The van der Waals surface area contributed by atoms with Crippen molar-refractivity contribution >= 4 is 21.8 Å². The third kappa shape index (κ3) is 5.06. The zero-order valence-corrected chi connectivity index (χ0v) is 12.2. The van der Waals surface area contributed by atoms with Gasteiger partial charge in [-0.3, -0.25) is 4.79 Å². The second kappa shape index (κ2) is 8.11. The minimum atomic E-state index is -0.154. The maximum atomic E-state index is 11.4. The fourth-order valence-corrected chi connectivity index (χ4v) is 1.91. The molecule has 100 valence electrons. The fourth-order valence-electron chi connectivity index (χ4n) is 1.37. The van der Waals surface area contributed by atoms with Gasteiger partial charge < -0.3 is 14.8 Å². The van der Waals surface area contributed by atoms with Crippen molar-refractivity contribution < 1.29 is 14.3 Å². The van der Waals surface area contributed by atoms with Crippen LogP contribution in [0.5, 0.6) is 5.75 Å². The number of halogens is 1. The third-order valence-corrected chi connectivity index (χ3v) is 3.01. The van der Waals surface area contributed by atoms with Crippen LogP contribution >= 0.6 is 15.9 Å². The van der Waals surface area contributed by atoms with Gasteiger partial charge in [0.05, 0.1) is 11.1 Å². The number of amides is 1. The van der Waals surface area contributed by atoms with Crippen LogP contribution in [0, 0.1) is 0 Å². The summed E-state index contributed by atoms with van der Waals surface area (Å²) in [5.41, 5.74) is 1.22. The first-order chi connectivity index (χ1) is 8.67. The molecule has 0 radical (unpaired) electrons. The summed E-state index contributed by atoms with van der Waals surface area (Å²) in [6.45, 7) is 3.09. The Bertz CT molecular complexity index is 396. The molecular weight excluding hydrogens is 298 g/mol. The molecule has 0 atom stereocenters. The molecule has 0 aliphatic carbocycles. The summed E-state index contributed by atoms with van der Waals surface area (Å²) >= 11 is 3.43. The lowest BCUT2D eigenvalue weighted by Gasteiger charge is -2.09. The van der Waals surface area contributed by atoms with Gasteiger partial charge in [-0.05, 0) is 40.0 Å². The van der Waals surface area contributed by atoms with E-state index in [-0.39, 0.29) is 12.5 Å². The van der Waals surface area contributed by atoms with E-state index < -0.39 is 0 Å². The quantitative estimate of drug-likeness (QED) is 0.784. The van der Waals surface area contributed by atoms with E-state index in [2.05, 4.69) is 28.2 Å². The van der Waals surface area contributed by atoms with Crippen LogP contribution in [-0.4, -0.2) is 32.8 Å². The Balaban J connectivity index is 2.41. The number of carbonyl (C=O) groups excluding carboxylic acids is 1. The lowest BCUT2D eigenvalue weighted by Crippen LogP contribution is -2.31. The maximum absolute atomic E-state index is 11.4. The molecule has 1 aromatic rings. The molecule has 0 fully saturated rings. The van der Waals surface area contributed by atoms with Gasteiger partial charge >= 0.3 is 0 Å². The second-order valence-corrected chi connectivity index (χ2v) is 4.60. The van der Waals surface area contributed by atoms with Crippen molar-refractivity contribution in [1.29, 1.82) is 0 Å². The van der Waals surface area contributed by atoms with Gasteiger partial charge in [0.15, 0.2) is 6.61 Å². The van der Waals surface area contributed by atoms with Gasteiger partial charge in [-0.25, -0.2) is 0 Å². The average molecular weight is 316 g/mol. The summed E-state index contributed by atoms with van der Waals surface area (Å²) in [6, 6.07) is 5.85. The average Bonchev–Trinajstić information content (AvgIpc) is 2.37. The molecule has 0 saturated carbocycles. The number of ether oxygens (including phenoxy) is 2. The number of benzene rings is 1. The molecule has 0 aliphatic rings. The Kier molecular flexibility index (Phi) is 6.75. The highest BCUT2D eigenvalue weighted by Gasteiger charge is 2.05. The van der Waals surface area contributed by atoms with Gasteiger partial charge in [0, 0.05) is 13.7 Å². The summed E-state index contributed by atoms with van der Waals surface area (Å²) in [5, 5.41) is 2.69. The van der Waals surface area contributed by atoms with E-state index >= 15 is 0 Å². The van der Waals surface area contributed by atoms with Crippen LogP contribution in [0.15, 0.2) is 22.7 Å². The van der Waals surface area contributed by atoms with Crippen molar-refractivity contribution in [2.75, 3.05) is 26.9 Å². The van der Waals surface area contributed by atoms with Gasteiger partial charge in [0.25, 0.3) is 5.91 Å². The predicted molar refractivity (Wildman–Crippen MR) is 73.9 cm³/mol. The monoisotopic (exact) mass is 315 g/mol. The van der Waals surface area contributed by atoms with Crippen LogP contribution in [0.2, 0.25) is 0 Å². The first kappa shape index (κ1) is 15.0. The molecule has 0 saturated heterocycles. The van der Waals surface area contributed by atoms with Crippen molar-refractivity contribution in [3.63, 3.8) is 0 Å². The van der Waals surface area contributed by atoms with Crippen molar-refractivity contribution in [2.45, 2.75) is 13.3 Å². The van der Waals surface area contributed by atoms with E-state index in [1.165, 1.54) is 5.56 Å². The molecule has 0 spiro atoms. The van der Waals surface area contributed by atoms with E-state index in [0.29, 0.717) is 18.9 Å². The van der Waals surface area contributed by atoms with Crippen LogP contribution in [-0.2, 0) is 16.0 Å². The smallest absolute Gasteiger partial charge is 0.258 e. The van der Waals surface area contributed by atoms with E-state index in [4.69, 9.17) is 9.47 Å². The van der Waals surface area contributed by atoms with Crippen LogP contribution in [0.25, 0.3) is 0 Å². The molecule has 0 heterocycles. The first-order valence-corrected chi connectivity index (χ1v) is 6.63. The highest BCUT2D eigenvalue weighted by atomic mass is 79.9. The number of methoxy groups -OCH3 is 1. The number of hydrogen-bond donors (Lipinski definition) is 1. The number of rotatable bonds is 7. The second-order valence-electron chi connectivity index (χ2n) is 3.75. The predicted octanol–water partition coefficient (Wildman–Crippen LogP) is 2.15. The highest BCUT2D eigenvalue weighted by Crippen LogP contribution is 2.26. The minimum absolute atomic E-state index is 0.00772. The number of carbonyl (C=O) groups is 1. The van der Waals surface area contributed by atoms with Crippen molar-refractivity contribution in [2.24, 2.45) is 0 Å². The van der Waals surface area contributed by atoms with Crippen LogP contribution in [0.1, 0.15) is 12.5 Å². The molecule has 1 amide bonds. The van der Waals surface area contributed by atoms with Gasteiger partial charge in [-0.1, -0.05) is 13.0 Å². The molecule has 1 aromatic carbocycles. The first-order valence-electron chi connectivity index (χ1n) is 5.84. The summed E-state index contributed by atoms with van der Waals surface area (Å²) in [4.78, 5) is 11.4. The van der Waals surface area contributed by atoms with Crippen LogP contribution in [0.3, 0.4) is 0 Å². The molecular formula is C13H18BrNO3. The SMILES string of the molecule is CCc1ccc(OCC(=O)NCCOC)c(Br)c1. The van der Waals surface area contributed by atoms with Gasteiger partial charge in [0.2, 0.25) is 0 Å². The molecule has 5 heteroatoms. The Morgan fingerprint density at radius 2 is 2.22 bits per heavy atom. The van der Waals surface area contributed by atoms with Crippen molar-refractivity contribution in [1.82, 2.24) is 5.32 Å². The van der Waals surface area contributed by atoms with Gasteiger partial charge in [-0.15, -0.1) is 0 Å². The normalized spacial score (nSPS) is 10.2. The topological polar surface area (TPSA) is 47.6 Å². The highest BCUT2D eigenvalue weighted by molar-refractivity contribution is 9.10. The Morgan fingerprint density at radius 3 is 2.83 bits per heavy atom. The molecule has 0 bridgehead atoms. The largest absolute Gasteiger partial charge is 0.483 e. The van der Waals surface area contributed by atoms with Crippen LogP contribution < -0.4 is 10.1 Å². The zero-order valence-electron chi connectivity index (χ0n) is 10.7. The zero-order chi connectivity index (χ0) is 13.4. The number of hydrogen-bond acceptors (Lipinski definition) is 3. The summed E-state index contributed by atoms with van der Waals surface area (Å²) in [5.74, 6) is 0.521. The Labute approximate surface area is 116 Å². The molecule has 0 aliphatic heterocycles. The molecule has 1 rings (SSSR count). The molecule has 18 heavy (non-hydrogen) atoms. The molecule has 0 unspecified atom stereocenters. The number of nitrogens with one attached hydrogen (secondary N) is 1. The van der Waals surface area contributed by atoms with E-state index in [1.807, 2.05) is 18.2 Å². The summed E-state index contributed by atoms with van der Waals surface area (Å²) in [7, 11) is 1.59. The van der Waals surface area contributed by atoms with E-state index in [9.17, 15) is 4.79 Å². The van der Waals surface area contributed by atoms with Crippen molar-refractivity contribution in [3.05, 3.63) is 28.2 Å². The van der Waals surface area contributed by atoms with Crippen LogP contribution in [0.4, 0.5) is 0 Å².